The number of aromatic nitrogens is 2. The molecular weight excluding hydrogens is 420 g/mol. The number of piperazine rings is 1. The Bertz CT molecular complexity index is 1400. The highest BCUT2D eigenvalue weighted by atomic mass is 16.4. The zero-order valence-corrected chi connectivity index (χ0v) is 19.1. The van der Waals surface area contributed by atoms with Crippen LogP contribution in [-0.4, -0.2) is 47.0 Å². The van der Waals surface area contributed by atoms with Gasteiger partial charge in [0.2, 0.25) is 11.9 Å². The quantitative estimate of drug-likeness (QED) is 0.443. The smallest absolute Gasteiger partial charge is 0.339 e. The van der Waals surface area contributed by atoms with Gasteiger partial charge in [-0.05, 0) is 50.5 Å². The van der Waals surface area contributed by atoms with E-state index in [4.69, 9.17) is 8.83 Å². The number of rotatable bonds is 4. The molecule has 3 aromatic heterocycles. The maximum absolute atomic E-state index is 12.9. The van der Waals surface area contributed by atoms with E-state index in [1.807, 2.05) is 31.7 Å². The third-order valence-electron chi connectivity index (χ3n) is 6.64. The SMILES string of the molecule is Cc1oc2cc3oc(=O)c(CCC(=O)N4CCN(c5ncccn5)CC4)c(C)c3cc2c1C. The van der Waals surface area contributed by atoms with E-state index >= 15 is 0 Å². The normalized spacial score (nSPS) is 14.4. The van der Waals surface area contributed by atoms with Gasteiger partial charge < -0.3 is 18.6 Å². The molecule has 0 saturated carbocycles. The molecule has 0 aliphatic carbocycles. The number of benzene rings is 1. The van der Waals surface area contributed by atoms with Gasteiger partial charge in [0.05, 0.1) is 0 Å². The highest BCUT2D eigenvalue weighted by Crippen LogP contribution is 2.31. The van der Waals surface area contributed by atoms with Crippen LogP contribution in [0.5, 0.6) is 0 Å². The molecule has 1 aliphatic rings. The van der Waals surface area contributed by atoms with Gasteiger partial charge in [0, 0.05) is 67.4 Å². The number of nitrogens with zero attached hydrogens (tertiary/aromatic N) is 4. The first-order chi connectivity index (χ1) is 15.9. The van der Waals surface area contributed by atoms with Crippen LogP contribution in [0.25, 0.3) is 21.9 Å². The second kappa shape index (κ2) is 8.35. The zero-order chi connectivity index (χ0) is 23.1. The summed E-state index contributed by atoms with van der Waals surface area (Å²) in [5.74, 6) is 1.58. The molecule has 1 fully saturated rings. The Morgan fingerprint density at radius 1 is 0.939 bits per heavy atom. The summed E-state index contributed by atoms with van der Waals surface area (Å²) >= 11 is 0. The predicted octanol–water partition coefficient (Wildman–Crippen LogP) is 3.54. The van der Waals surface area contributed by atoms with Gasteiger partial charge in [-0.2, -0.15) is 0 Å². The Kier molecular flexibility index (Phi) is 5.36. The molecule has 1 aliphatic heterocycles. The number of furan rings is 1. The number of hydrogen-bond donors (Lipinski definition) is 0. The van der Waals surface area contributed by atoms with Gasteiger partial charge in [-0.25, -0.2) is 14.8 Å². The van der Waals surface area contributed by atoms with Crippen molar-refractivity contribution in [2.24, 2.45) is 0 Å². The second-order valence-corrected chi connectivity index (χ2v) is 8.54. The first kappa shape index (κ1) is 21.2. The van der Waals surface area contributed by atoms with Gasteiger partial charge >= 0.3 is 5.63 Å². The van der Waals surface area contributed by atoms with E-state index < -0.39 is 5.63 Å². The number of aryl methyl sites for hydroxylation is 3. The van der Waals surface area contributed by atoms with Crippen molar-refractivity contribution in [3.8, 4) is 0 Å². The van der Waals surface area contributed by atoms with Crippen molar-refractivity contribution in [2.45, 2.75) is 33.6 Å². The van der Waals surface area contributed by atoms with E-state index in [-0.39, 0.29) is 12.3 Å². The van der Waals surface area contributed by atoms with Crippen molar-refractivity contribution < 1.29 is 13.6 Å². The van der Waals surface area contributed by atoms with Crippen LogP contribution in [0.2, 0.25) is 0 Å². The molecule has 8 heteroatoms. The van der Waals surface area contributed by atoms with Crippen molar-refractivity contribution in [3.63, 3.8) is 0 Å². The molecular formula is C25H26N4O4. The molecule has 0 radical (unpaired) electrons. The molecule has 170 valence electrons. The van der Waals surface area contributed by atoms with Gasteiger partial charge in [0.15, 0.2) is 0 Å². The highest BCUT2D eigenvalue weighted by Gasteiger charge is 2.23. The molecule has 0 N–H and O–H groups in total. The van der Waals surface area contributed by atoms with Crippen molar-refractivity contribution >= 4 is 33.8 Å². The molecule has 0 bridgehead atoms. The van der Waals surface area contributed by atoms with Crippen molar-refractivity contribution in [1.29, 1.82) is 0 Å². The number of carbonyl (C=O) groups is 1. The van der Waals surface area contributed by atoms with Crippen LogP contribution in [0, 0.1) is 20.8 Å². The molecule has 0 spiro atoms. The fourth-order valence-electron chi connectivity index (χ4n) is 4.51. The zero-order valence-electron chi connectivity index (χ0n) is 19.1. The second-order valence-electron chi connectivity index (χ2n) is 8.54. The molecule has 1 saturated heterocycles. The van der Waals surface area contributed by atoms with Gasteiger partial charge in [0.1, 0.15) is 16.9 Å². The first-order valence-electron chi connectivity index (χ1n) is 11.2. The van der Waals surface area contributed by atoms with Crippen molar-refractivity contribution in [1.82, 2.24) is 14.9 Å². The third kappa shape index (κ3) is 3.86. The lowest BCUT2D eigenvalue weighted by Crippen LogP contribution is -2.49. The summed E-state index contributed by atoms with van der Waals surface area (Å²) in [6.07, 6.45) is 4.06. The molecule has 5 rings (SSSR count). The van der Waals surface area contributed by atoms with Crippen LogP contribution in [-0.2, 0) is 11.2 Å². The summed E-state index contributed by atoms with van der Waals surface area (Å²) in [6, 6.07) is 5.59. The fraction of sp³-hybridized carbons (Fsp3) is 0.360. The lowest BCUT2D eigenvalue weighted by atomic mass is 10.00. The van der Waals surface area contributed by atoms with Crippen LogP contribution in [0.15, 0.2) is 44.2 Å². The summed E-state index contributed by atoms with van der Waals surface area (Å²) in [6.45, 7) is 8.46. The minimum Gasteiger partial charge on any atom is -0.461 e. The topological polar surface area (TPSA) is 92.7 Å². The standard InChI is InChI=1S/C25H26N4O4/c1-15-17(3)32-21-14-22-20(13-19(15)21)16(2)18(24(31)33-22)5-6-23(30)28-9-11-29(12-10-28)25-26-7-4-8-27-25/h4,7-8,13-14H,5-6,9-12H2,1-3H3. The van der Waals surface area contributed by atoms with E-state index in [1.54, 1.807) is 24.5 Å². The Morgan fingerprint density at radius 2 is 1.61 bits per heavy atom. The predicted molar refractivity (Wildman–Crippen MR) is 126 cm³/mol. The maximum Gasteiger partial charge on any atom is 0.339 e. The summed E-state index contributed by atoms with van der Waals surface area (Å²) in [4.78, 5) is 38.0. The highest BCUT2D eigenvalue weighted by molar-refractivity contribution is 5.96. The average molecular weight is 447 g/mol. The van der Waals surface area contributed by atoms with Gasteiger partial charge in [-0.3, -0.25) is 4.79 Å². The van der Waals surface area contributed by atoms with Gasteiger partial charge in [0.25, 0.3) is 0 Å². The Labute approximate surface area is 190 Å². The Balaban J connectivity index is 1.31. The number of anilines is 1. The summed E-state index contributed by atoms with van der Waals surface area (Å²) in [7, 11) is 0. The number of amides is 1. The minimum atomic E-state index is -0.391. The third-order valence-corrected chi connectivity index (χ3v) is 6.64. The molecule has 4 aromatic rings. The molecule has 0 atom stereocenters. The van der Waals surface area contributed by atoms with E-state index in [0.29, 0.717) is 55.3 Å². The monoisotopic (exact) mass is 446 g/mol. The van der Waals surface area contributed by atoms with Crippen LogP contribution in [0.3, 0.4) is 0 Å². The van der Waals surface area contributed by atoms with Crippen molar-refractivity contribution in [3.05, 3.63) is 63.5 Å². The summed E-state index contributed by atoms with van der Waals surface area (Å²) < 4.78 is 11.4. The van der Waals surface area contributed by atoms with Crippen LogP contribution >= 0.6 is 0 Å². The molecule has 1 aromatic carbocycles. The average Bonchev–Trinajstić information content (AvgIpc) is 3.11. The summed E-state index contributed by atoms with van der Waals surface area (Å²) in [5.41, 5.74) is 3.33. The van der Waals surface area contributed by atoms with E-state index in [1.165, 1.54) is 0 Å². The molecule has 1 amide bonds. The van der Waals surface area contributed by atoms with Crippen molar-refractivity contribution in [2.75, 3.05) is 31.1 Å². The first-order valence-corrected chi connectivity index (χ1v) is 11.2. The van der Waals surface area contributed by atoms with E-state index in [9.17, 15) is 9.59 Å². The number of hydrogen-bond acceptors (Lipinski definition) is 7. The van der Waals surface area contributed by atoms with Gasteiger partial charge in [-0.15, -0.1) is 0 Å². The molecule has 0 unspecified atom stereocenters. The molecule has 33 heavy (non-hydrogen) atoms. The molecule has 8 nitrogen and oxygen atoms in total. The number of carbonyl (C=O) groups excluding carboxylic acids is 1. The van der Waals surface area contributed by atoms with Crippen LogP contribution in [0.1, 0.15) is 28.9 Å². The summed E-state index contributed by atoms with van der Waals surface area (Å²) in [5, 5.41) is 1.89. The lowest BCUT2D eigenvalue weighted by Gasteiger charge is -2.34. The van der Waals surface area contributed by atoms with E-state index in [2.05, 4.69) is 14.9 Å². The largest absolute Gasteiger partial charge is 0.461 e. The Morgan fingerprint density at radius 3 is 2.33 bits per heavy atom. The minimum absolute atomic E-state index is 0.0410. The van der Waals surface area contributed by atoms with Crippen LogP contribution in [0.4, 0.5) is 5.95 Å². The van der Waals surface area contributed by atoms with E-state index in [0.717, 1.165) is 27.7 Å². The maximum atomic E-state index is 12.9. The fourth-order valence-corrected chi connectivity index (χ4v) is 4.51. The lowest BCUT2D eigenvalue weighted by molar-refractivity contribution is -0.131. The molecule has 4 heterocycles. The number of fused-ring (bicyclic) bond motifs is 2. The van der Waals surface area contributed by atoms with Crippen LogP contribution < -0.4 is 10.5 Å². The Hall–Kier alpha value is -3.68. The van der Waals surface area contributed by atoms with Gasteiger partial charge in [-0.1, -0.05) is 0 Å².